The normalized spacial score (nSPS) is 13.1. The van der Waals surface area contributed by atoms with Crippen LogP contribution in [-0.4, -0.2) is 0 Å². The van der Waals surface area contributed by atoms with Crippen molar-refractivity contribution in [1.82, 2.24) is 0 Å². The van der Waals surface area contributed by atoms with E-state index in [9.17, 15) is 0 Å². The molecule has 0 saturated heterocycles. The van der Waals surface area contributed by atoms with Crippen LogP contribution in [0, 0.1) is 0 Å². The van der Waals surface area contributed by atoms with Crippen molar-refractivity contribution in [3.8, 4) is 55.6 Å². The van der Waals surface area contributed by atoms with E-state index in [-0.39, 0.29) is 5.41 Å². The SMILES string of the molecule is CC1(C)c2cccc(-c3cccc(-c4c5ccccc5c(-c5ccccc5-c5cc6ccccc6c6ccccc56)c5ccccc45)c3)c2-c2ccc3ccccc3c21. The van der Waals surface area contributed by atoms with Crippen LogP contribution in [0.2, 0.25) is 0 Å². The first-order chi connectivity index (χ1) is 29.1. The Hall–Kier alpha value is -7.28. The van der Waals surface area contributed by atoms with Crippen molar-refractivity contribution < 1.29 is 0 Å². The van der Waals surface area contributed by atoms with Gasteiger partial charge in [0.15, 0.2) is 0 Å². The average molecular weight is 749 g/mol. The molecule has 0 bridgehead atoms. The molecule has 0 atom stereocenters. The quantitative estimate of drug-likeness (QED) is 0.124. The smallest absolute Gasteiger partial charge is 0.0165 e. The van der Waals surface area contributed by atoms with Crippen molar-refractivity contribution in [2.24, 2.45) is 0 Å². The van der Waals surface area contributed by atoms with Gasteiger partial charge < -0.3 is 0 Å². The van der Waals surface area contributed by atoms with Crippen LogP contribution in [0.25, 0.3) is 109 Å². The minimum atomic E-state index is -0.114. The molecule has 59 heavy (non-hydrogen) atoms. The third-order valence-electron chi connectivity index (χ3n) is 13.2. The molecule has 0 aliphatic heterocycles. The molecule has 276 valence electrons. The fourth-order valence-corrected chi connectivity index (χ4v) is 10.7. The summed E-state index contributed by atoms with van der Waals surface area (Å²) in [5, 5.41) is 12.8. The van der Waals surface area contributed by atoms with Crippen LogP contribution in [0.3, 0.4) is 0 Å². The molecule has 11 aromatic carbocycles. The number of hydrogen-bond acceptors (Lipinski definition) is 0. The topological polar surface area (TPSA) is 0 Å². The van der Waals surface area contributed by atoms with Crippen molar-refractivity contribution in [1.29, 1.82) is 0 Å². The van der Waals surface area contributed by atoms with Crippen LogP contribution in [-0.2, 0) is 5.41 Å². The Bertz CT molecular complexity index is 3470. The second-order valence-corrected chi connectivity index (χ2v) is 16.7. The molecule has 12 rings (SSSR count). The average Bonchev–Trinajstić information content (AvgIpc) is 3.54. The molecule has 0 nitrogen and oxygen atoms in total. The Morgan fingerprint density at radius 2 is 0.797 bits per heavy atom. The zero-order valence-corrected chi connectivity index (χ0v) is 33.1. The van der Waals surface area contributed by atoms with E-state index in [0.29, 0.717) is 0 Å². The lowest BCUT2D eigenvalue weighted by Gasteiger charge is -2.23. The van der Waals surface area contributed by atoms with E-state index in [4.69, 9.17) is 0 Å². The number of fused-ring (bicyclic) bond motifs is 10. The summed E-state index contributed by atoms with van der Waals surface area (Å²) < 4.78 is 0. The first kappa shape index (κ1) is 33.8. The van der Waals surface area contributed by atoms with Gasteiger partial charge >= 0.3 is 0 Å². The molecule has 0 heterocycles. The summed E-state index contributed by atoms with van der Waals surface area (Å²) >= 11 is 0. The molecule has 0 heteroatoms. The lowest BCUT2D eigenvalue weighted by molar-refractivity contribution is 0.666. The Morgan fingerprint density at radius 3 is 1.53 bits per heavy atom. The summed E-state index contributed by atoms with van der Waals surface area (Å²) in [7, 11) is 0. The van der Waals surface area contributed by atoms with Gasteiger partial charge in [0, 0.05) is 5.41 Å². The maximum absolute atomic E-state index is 2.44. The highest BCUT2D eigenvalue weighted by atomic mass is 14.4. The third kappa shape index (κ3) is 4.96. The number of hydrogen-bond donors (Lipinski definition) is 0. The van der Waals surface area contributed by atoms with Crippen LogP contribution >= 0.6 is 0 Å². The van der Waals surface area contributed by atoms with Gasteiger partial charge in [-0.3, -0.25) is 0 Å². The first-order valence-corrected chi connectivity index (χ1v) is 20.8. The van der Waals surface area contributed by atoms with E-state index in [1.54, 1.807) is 0 Å². The highest BCUT2D eigenvalue weighted by Crippen LogP contribution is 2.55. The van der Waals surface area contributed by atoms with E-state index in [1.807, 2.05) is 0 Å². The second kappa shape index (κ2) is 12.9. The highest BCUT2D eigenvalue weighted by Gasteiger charge is 2.38. The largest absolute Gasteiger partial charge is 0.0616 e. The molecule has 0 spiro atoms. The number of benzene rings is 11. The molecule has 0 amide bonds. The molecular weight excluding hydrogens is 709 g/mol. The third-order valence-corrected chi connectivity index (χ3v) is 13.2. The summed E-state index contributed by atoms with van der Waals surface area (Å²) in [5.74, 6) is 0. The molecule has 0 radical (unpaired) electrons. The summed E-state index contributed by atoms with van der Waals surface area (Å²) in [4.78, 5) is 0. The first-order valence-electron chi connectivity index (χ1n) is 20.8. The van der Waals surface area contributed by atoms with Crippen LogP contribution in [0.5, 0.6) is 0 Å². The minimum absolute atomic E-state index is 0.114. The molecule has 11 aromatic rings. The summed E-state index contributed by atoms with van der Waals surface area (Å²) in [6.45, 7) is 4.79. The van der Waals surface area contributed by atoms with Gasteiger partial charge in [-0.1, -0.05) is 208 Å². The zero-order chi connectivity index (χ0) is 39.2. The van der Waals surface area contributed by atoms with Crippen molar-refractivity contribution >= 4 is 53.9 Å². The predicted molar refractivity (Wildman–Crippen MR) is 253 cm³/mol. The standard InChI is InChI=1S/C59H40/c1-59(2)54-32-16-31-42(57(54)52-34-33-37-17-3-6-22-43(37)58(52)59)38-19-15-20-40(35-38)55-48-27-11-13-29-50(48)56(51-30-14-12-28-49(51)55)47-26-10-9-25-46(47)53-36-39-18-4-5-21-41(39)44-23-7-8-24-45(44)53/h3-36H,1-2H3. The van der Waals surface area contributed by atoms with Crippen molar-refractivity contribution in [2.45, 2.75) is 19.3 Å². The van der Waals surface area contributed by atoms with E-state index in [1.165, 1.54) is 121 Å². The van der Waals surface area contributed by atoms with Gasteiger partial charge in [-0.05, 0) is 133 Å². The van der Waals surface area contributed by atoms with Crippen LogP contribution in [0.1, 0.15) is 25.0 Å². The summed E-state index contributed by atoms with van der Waals surface area (Å²) in [5.41, 5.74) is 15.5. The minimum Gasteiger partial charge on any atom is -0.0616 e. The Labute approximate surface area is 344 Å². The van der Waals surface area contributed by atoms with Crippen molar-refractivity contribution in [2.75, 3.05) is 0 Å². The van der Waals surface area contributed by atoms with E-state index < -0.39 is 0 Å². The Morgan fingerprint density at radius 1 is 0.271 bits per heavy atom. The molecule has 0 unspecified atom stereocenters. The maximum Gasteiger partial charge on any atom is 0.0165 e. The lowest BCUT2D eigenvalue weighted by atomic mass is 9.80. The molecule has 0 saturated carbocycles. The predicted octanol–water partition coefficient (Wildman–Crippen LogP) is 16.4. The fraction of sp³-hybridized carbons (Fsp3) is 0.0508. The van der Waals surface area contributed by atoms with Gasteiger partial charge in [-0.15, -0.1) is 0 Å². The molecule has 0 fully saturated rings. The van der Waals surface area contributed by atoms with Crippen LogP contribution in [0.15, 0.2) is 206 Å². The van der Waals surface area contributed by atoms with Gasteiger partial charge in [0.05, 0.1) is 0 Å². The highest BCUT2D eigenvalue weighted by molar-refractivity contribution is 6.24. The molecule has 0 aromatic heterocycles. The van der Waals surface area contributed by atoms with Gasteiger partial charge in [0.2, 0.25) is 0 Å². The lowest BCUT2D eigenvalue weighted by Crippen LogP contribution is -2.15. The van der Waals surface area contributed by atoms with E-state index in [0.717, 1.165) is 0 Å². The van der Waals surface area contributed by atoms with E-state index in [2.05, 4.69) is 220 Å². The van der Waals surface area contributed by atoms with Crippen LogP contribution < -0.4 is 0 Å². The number of rotatable bonds is 4. The van der Waals surface area contributed by atoms with Crippen molar-refractivity contribution in [3.05, 3.63) is 217 Å². The monoisotopic (exact) mass is 748 g/mol. The molecule has 1 aliphatic rings. The summed E-state index contributed by atoms with van der Waals surface area (Å²) in [6, 6.07) is 76.9. The van der Waals surface area contributed by atoms with Gasteiger partial charge in [0.25, 0.3) is 0 Å². The molecule has 1 aliphatic carbocycles. The Balaban J connectivity index is 1.09. The van der Waals surface area contributed by atoms with Crippen molar-refractivity contribution in [3.63, 3.8) is 0 Å². The van der Waals surface area contributed by atoms with Gasteiger partial charge in [-0.25, -0.2) is 0 Å². The maximum atomic E-state index is 2.44. The molecule has 0 N–H and O–H groups in total. The Kier molecular flexibility index (Phi) is 7.38. The fourth-order valence-electron chi connectivity index (χ4n) is 10.7. The van der Waals surface area contributed by atoms with Gasteiger partial charge in [-0.2, -0.15) is 0 Å². The molecular formula is C59H40. The summed E-state index contributed by atoms with van der Waals surface area (Å²) in [6.07, 6.45) is 0. The van der Waals surface area contributed by atoms with Crippen LogP contribution in [0.4, 0.5) is 0 Å². The second-order valence-electron chi connectivity index (χ2n) is 16.7. The zero-order valence-electron chi connectivity index (χ0n) is 33.1. The van der Waals surface area contributed by atoms with E-state index >= 15 is 0 Å². The van der Waals surface area contributed by atoms with Gasteiger partial charge in [0.1, 0.15) is 0 Å².